The Morgan fingerprint density at radius 1 is 1.39 bits per heavy atom. The van der Waals surface area contributed by atoms with Gasteiger partial charge in [-0.15, -0.1) is 30.6 Å². The van der Waals surface area contributed by atoms with Crippen LogP contribution in [0.2, 0.25) is 0 Å². The minimum absolute atomic E-state index is 0. The van der Waals surface area contributed by atoms with E-state index in [9.17, 15) is 4.39 Å². The SMILES string of the molecule is C=CCSCCNC(=NC)NCC(C)Oc1ccc(F)cc1.I. The van der Waals surface area contributed by atoms with Gasteiger partial charge in [-0.25, -0.2) is 4.39 Å². The predicted molar refractivity (Wildman–Crippen MR) is 109 cm³/mol. The van der Waals surface area contributed by atoms with E-state index >= 15 is 0 Å². The number of thioether (sulfide) groups is 1. The fourth-order valence-corrected chi connectivity index (χ4v) is 2.24. The average Bonchev–Trinajstić information content (AvgIpc) is 2.52. The van der Waals surface area contributed by atoms with E-state index in [2.05, 4.69) is 22.2 Å². The third-order valence-electron chi connectivity index (χ3n) is 2.71. The smallest absolute Gasteiger partial charge is 0.191 e. The minimum atomic E-state index is -0.267. The highest BCUT2D eigenvalue weighted by atomic mass is 127. The molecule has 1 atom stereocenters. The normalized spacial score (nSPS) is 12.0. The molecule has 1 unspecified atom stereocenters. The lowest BCUT2D eigenvalue weighted by molar-refractivity contribution is 0.223. The molecule has 0 heterocycles. The van der Waals surface area contributed by atoms with E-state index in [0.29, 0.717) is 12.3 Å². The first-order valence-corrected chi connectivity index (χ1v) is 8.36. The van der Waals surface area contributed by atoms with Gasteiger partial charge in [-0.1, -0.05) is 6.08 Å². The number of guanidine groups is 1. The molecule has 0 fully saturated rings. The van der Waals surface area contributed by atoms with Gasteiger partial charge >= 0.3 is 0 Å². The quantitative estimate of drug-likeness (QED) is 0.198. The molecule has 23 heavy (non-hydrogen) atoms. The van der Waals surface area contributed by atoms with Gasteiger partial charge in [0, 0.05) is 25.1 Å². The molecule has 0 aliphatic rings. The van der Waals surface area contributed by atoms with Gasteiger partial charge < -0.3 is 15.4 Å². The number of halogens is 2. The molecule has 1 rings (SSSR count). The number of nitrogens with one attached hydrogen (secondary N) is 2. The van der Waals surface area contributed by atoms with Crippen molar-refractivity contribution in [3.8, 4) is 5.75 Å². The van der Waals surface area contributed by atoms with Gasteiger partial charge in [-0.3, -0.25) is 4.99 Å². The molecule has 4 nitrogen and oxygen atoms in total. The highest BCUT2D eigenvalue weighted by Crippen LogP contribution is 2.12. The van der Waals surface area contributed by atoms with Crippen LogP contribution in [0, 0.1) is 5.82 Å². The molecule has 7 heteroatoms. The Hall–Kier alpha value is -0.960. The zero-order valence-corrected chi connectivity index (χ0v) is 16.7. The van der Waals surface area contributed by atoms with Gasteiger partial charge in [0.25, 0.3) is 0 Å². The van der Waals surface area contributed by atoms with Crippen LogP contribution in [0.15, 0.2) is 41.9 Å². The van der Waals surface area contributed by atoms with E-state index in [1.807, 2.05) is 24.8 Å². The zero-order chi connectivity index (χ0) is 16.2. The van der Waals surface area contributed by atoms with Crippen molar-refractivity contribution >= 4 is 41.7 Å². The number of benzene rings is 1. The highest BCUT2D eigenvalue weighted by molar-refractivity contribution is 14.0. The molecule has 1 aromatic rings. The predicted octanol–water partition coefficient (Wildman–Crippen LogP) is 3.30. The lowest BCUT2D eigenvalue weighted by Crippen LogP contribution is -2.42. The lowest BCUT2D eigenvalue weighted by atomic mass is 10.3. The van der Waals surface area contributed by atoms with Crippen molar-refractivity contribution in [1.29, 1.82) is 0 Å². The van der Waals surface area contributed by atoms with Crippen LogP contribution in [0.25, 0.3) is 0 Å². The summed E-state index contributed by atoms with van der Waals surface area (Å²) < 4.78 is 18.5. The Morgan fingerprint density at radius 3 is 2.70 bits per heavy atom. The Balaban J connectivity index is 0.00000484. The third kappa shape index (κ3) is 10.4. The maximum Gasteiger partial charge on any atom is 0.191 e. The molecule has 0 saturated heterocycles. The number of nitrogens with zero attached hydrogens (tertiary/aromatic N) is 1. The monoisotopic (exact) mass is 453 g/mol. The molecule has 0 amide bonds. The van der Waals surface area contributed by atoms with Crippen LogP contribution in [0.5, 0.6) is 5.75 Å². The zero-order valence-electron chi connectivity index (χ0n) is 13.5. The van der Waals surface area contributed by atoms with Crippen molar-refractivity contribution in [2.45, 2.75) is 13.0 Å². The van der Waals surface area contributed by atoms with Crippen molar-refractivity contribution in [2.24, 2.45) is 4.99 Å². The van der Waals surface area contributed by atoms with Crippen LogP contribution in [0.4, 0.5) is 4.39 Å². The van der Waals surface area contributed by atoms with E-state index in [0.717, 1.165) is 24.0 Å². The van der Waals surface area contributed by atoms with E-state index in [1.165, 1.54) is 12.1 Å². The third-order valence-corrected chi connectivity index (χ3v) is 3.67. The Morgan fingerprint density at radius 2 is 2.09 bits per heavy atom. The van der Waals surface area contributed by atoms with E-state index < -0.39 is 0 Å². The van der Waals surface area contributed by atoms with Crippen molar-refractivity contribution in [3.63, 3.8) is 0 Å². The maximum atomic E-state index is 12.8. The van der Waals surface area contributed by atoms with Gasteiger partial charge in [-0.2, -0.15) is 11.8 Å². The first-order valence-electron chi connectivity index (χ1n) is 7.21. The molecule has 0 saturated carbocycles. The first kappa shape index (κ1) is 22.0. The molecule has 1 aromatic carbocycles. The molecule has 2 N–H and O–H groups in total. The largest absolute Gasteiger partial charge is 0.489 e. The Labute approximate surface area is 159 Å². The van der Waals surface area contributed by atoms with E-state index in [1.54, 1.807) is 19.2 Å². The molecular weight excluding hydrogens is 428 g/mol. The molecule has 0 radical (unpaired) electrons. The average molecular weight is 453 g/mol. The molecule has 0 aliphatic carbocycles. The van der Waals surface area contributed by atoms with Crippen molar-refractivity contribution in [1.82, 2.24) is 10.6 Å². The summed E-state index contributed by atoms with van der Waals surface area (Å²) in [4.78, 5) is 4.16. The summed E-state index contributed by atoms with van der Waals surface area (Å²) in [5, 5.41) is 6.44. The van der Waals surface area contributed by atoms with Crippen LogP contribution >= 0.6 is 35.7 Å². The standard InChI is InChI=1S/C16H24FN3OS.HI/c1-4-10-22-11-9-19-16(18-3)20-12-13(2)21-15-7-5-14(17)6-8-15;/h4-8,13H,1,9-12H2,2-3H3,(H2,18,19,20);1H. The number of ether oxygens (including phenoxy) is 1. The first-order chi connectivity index (χ1) is 10.7. The van der Waals surface area contributed by atoms with Crippen LogP contribution in [-0.2, 0) is 0 Å². The lowest BCUT2D eigenvalue weighted by Gasteiger charge is -2.17. The highest BCUT2D eigenvalue weighted by Gasteiger charge is 2.05. The number of rotatable bonds is 9. The van der Waals surface area contributed by atoms with Gasteiger partial charge in [0.15, 0.2) is 5.96 Å². The van der Waals surface area contributed by atoms with E-state index in [-0.39, 0.29) is 35.9 Å². The Bertz CT molecular complexity index is 471. The van der Waals surface area contributed by atoms with Crippen molar-refractivity contribution in [2.75, 3.05) is 31.6 Å². The van der Waals surface area contributed by atoms with Gasteiger partial charge in [0.1, 0.15) is 17.7 Å². The number of aliphatic imine (C=N–C) groups is 1. The second kappa shape index (κ2) is 13.5. The fourth-order valence-electron chi connectivity index (χ4n) is 1.66. The molecule has 0 bridgehead atoms. The summed E-state index contributed by atoms with van der Waals surface area (Å²) in [6.45, 7) is 7.08. The minimum Gasteiger partial charge on any atom is -0.489 e. The van der Waals surface area contributed by atoms with Crippen LogP contribution in [0.3, 0.4) is 0 Å². The van der Waals surface area contributed by atoms with Gasteiger partial charge in [-0.05, 0) is 31.2 Å². The molecule has 0 spiro atoms. The second-order valence-electron chi connectivity index (χ2n) is 4.63. The summed E-state index contributed by atoms with van der Waals surface area (Å²) in [6.07, 6.45) is 1.84. The summed E-state index contributed by atoms with van der Waals surface area (Å²) >= 11 is 1.81. The second-order valence-corrected chi connectivity index (χ2v) is 5.78. The van der Waals surface area contributed by atoms with Crippen molar-refractivity contribution < 1.29 is 9.13 Å². The summed E-state index contributed by atoms with van der Waals surface area (Å²) in [6, 6.07) is 6.01. The molecule has 0 aliphatic heterocycles. The van der Waals surface area contributed by atoms with Crippen LogP contribution < -0.4 is 15.4 Å². The molecular formula is C16H25FIN3OS. The van der Waals surface area contributed by atoms with E-state index in [4.69, 9.17) is 4.74 Å². The van der Waals surface area contributed by atoms with Gasteiger partial charge in [0.2, 0.25) is 0 Å². The topological polar surface area (TPSA) is 45.7 Å². The maximum absolute atomic E-state index is 12.8. The number of hydrogen-bond donors (Lipinski definition) is 2. The fraction of sp³-hybridized carbons (Fsp3) is 0.438. The summed E-state index contributed by atoms with van der Waals surface area (Å²) in [5.74, 6) is 3.08. The summed E-state index contributed by atoms with van der Waals surface area (Å²) in [5.41, 5.74) is 0. The number of hydrogen-bond acceptors (Lipinski definition) is 3. The van der Waals surface area contributed by atoms with Crippen molar-refractivity contribution in [3.05, 3.63) is 42.7 Å². The van der Waals surface area contributed by atoms with Crippen LogP contribution in [0.1, 0.15) is 6.92 Å². The van der Waals surface area contributed by atoms with Crippen LogP contribution in [-0.4, -0.2) is 43.7 Å². The van der Waals surface area contributed by atoms with Gasteiger partial charge in [0.05, 0.1) is 6.54 Å². The summed E-state index contributed by atoms with van der Waals surface area (Å²) in [7, 11) is 1.73. The molecule has 130 valence electrons. The Kier molecular flexibility index (Phi) is 12.9. The molecule has 0 aromatic heterocycles.